The van der Waals surface area contributed by atoms with Crippen molar-refractivity contribution in [3.8, 4) is 0 Å². The molecule has 1 saturated carbocycles. The van der Waals surface area contributed by atoms with E-state index in [4.69, 9.17) is 10.5 Å². The number of nitrogens with two attached hydrogens (primary N) is 1. The molecule has 3 N–H and O–H groups in total. The molecule has 0 aromatic heterocycles. The highest BCUT2D eigenvalue weighted by molar-refractivity contribution is 5.91. The van der Waals surface area contributed by atoms with Crippen LogP contribution in [0.25, 0.3) is 0 Å². The number of imide groups is 1. The van der Waals surface area contributed by atoms with E-state index in [2.05, 4.69) is 5.32 Å². The van der Waals surface area contributed by atoms with Gasteiger partial charge in [0.05, 0.1) is 0 Å². The third-order valence-electron chi connectivity index (χ3n) is 3.19. The Balaban J connectivity index is 2.53. The first-order valence-corrected chi connectivity index (χ1v) is 7.51. The molecule has 1 rings (SSSR count). The van der Waals surface area contributed by atoms with Crippen LogP contribution in [0.15, 0.2) is 12.3 Å². The van der Waals surface area contributed by atoms with E-state index < -0.39 is 17.7 Å². The van der Waals surface area contributed by atoms with Crippen LogP contribution in [0.2, 0.25) is 0 Å². The first-order valence-electron chi connectivity index (χ1n) is 7.51. The summed E-state index contributed by atoms with van der Waals surface area (Å²) in [6.45, 7) is 5.58. The van der Waals surface area contributed by atoms with Crippen LogP contribution in [0.5, 0.6) is 0 Å². The molecular formula is C15H27N3O3. The van der Waals surface area contributed by atoms with Gasteiger partial charge in [0, 0.05) is 19.3 Å². The summed E-state index contributed by atoms with van der Waals surface area (Å²) >= 11 is 0. The third-order valence-corrected chi connectivity index (χ3v) is 3.19. The summed E-state index contributed by atoms with van der Waals surface area (Å²) < 4.78 is 5.20. The number of carbonyl (C=O) groups excluding carboxylic acids is 2. The second kappa shape index (κ2) is 8.02. The zero-order valence-corrected chi connectivity index (χ0v) is 13.2. The van der Waals surface area contributed by atoms with Crippen LogP contribution in [0.1, 0.15) is 46.5 Å². The first kappa shape index (κ1) is 17.5. The molecule has 0 atom stereocenters. The smallest absolute Gasteiger partial charge is 0.418 e. The summed E-state index contributed by atoms with van der Waals surface area (Å²) in [4.78, 5) is 25.0. The Morgan fingerprint density at radius 1 is 1.33 bits per heavy atom. The van der Waals surface area contributed by atoms with Gasteiger partial charge in [0.1, 0.15) is 5.60 Å². The van der Waals surface area contributed by atoms with E-state index in [1.807, 2.05) is 6.08 Å². The lowest BCUT2D eigenvalue weighted by atomic mass is 10.1. The topological polar surface area (TPSA) is 84.7 Å². The van der Waals surface area contributed by atoms with Crippen molar-refractivity contribution in [2.24, 2.45) is 11.7 Å². The quantitative estimate of drug-likeness (QED) is 0.835. The SMILES string of the molecule is CC(C)(C)OC(=O)N(CCN)C(=O)N/C=C/C1CCCC1. The molecule has 1 aliphatic carbocycles. The van der Waals surface area contributed by atoms with Crippen molar-refractivity contribution in [2.75, 3.05) is 13.1 Å². The van der Waals surface area contributed by atoms with Gasteiger partial charge >= 0.3 is 12.1 Å². The van der Waals surface area contributed by atoms with Gasteiger partial charge in [0.2, 0.25) is 0 Å². The largest absolute Gasteiger partial charge is 0.443 e. The van der Waals surface area contributed by atoms with Gasteiger partial charge in [-0.15, -0.1) is 0 Å². The predicted octanol–water partition coefficient (Wildman–Crippen LogP) is 2.60. The van der Waals surface area contributed by atoms with Gasteiger partial charge in [-0.05, 0) is 39.5 Å². The molecule has 120 valence electrons. The fourth-order valence-corrected chi connectivity index (χ4v) is 2.21. The van der Waals surface area contributed by atoms with E-state index in [9.17, 15) is 9.59 Å². The summed E-state index contributed by atoms with van der Waals surface area (Å²) in [6, 6.07) is -0.510. The highest BCUT2D eigenvalue weighted by Gasteiger charge is 2.26. The van der Waals surface area contributed by atoms with E-state index in [1.54, 1.807) is 27.0 Å². The molecule has 1 fully saturated rings. The summed E-state index contributed by atoms with van der Waals surface area (Å²) in [5.74, 6) is 0.523. The van der Waals surface area contributed by atoms with Gasteiger partial charge < -0.3 is 15.8 Å². The third kappa shape index (κ3) is 6.62. The van der Waals surface area contributed by atoms with Crippen molar-refractivity contribution in [3.05, 3.63) is 12.3 Å². The summed E-state index contributed by atoms with van der Waals surface area (Å²) in [7, 11) is 0. The van der Waals surface area contributed by atoms with Crippen LogP contribution in [-0.2, 0) is 4.74 Å². The molecule has 6 heteroatoms. The van der Waals surface area contributed by atoms with Crippen LogP contribution in [0.4, 0.5) is 9.59 Å². The molecule has 0 spiro atoms. The molecule has 0 aromatic rings. The average Bonchev–Trinajstić information content (AvgIpc) is 2.86. The Kier molecular flexibility index (Phi) is 6.68. The predicted molar refractivity (Wildman–Crippen MR) is 81.6 cm³/mol. The van der Waals surface area contributed by atoms with Gasteiger partial charge in [-0.25, -0.2) is 14.5 Å². The Hall–Kier alpha value is -1.56. The molecule has 0 heterocycles. The lowest BCUT2D eigenvalue weighted by molar-refractivity contribution is 0.0328. The maximum absolute atomic E-state index is 12.0. The Labute approximate surface area is 126 Å². The molecule has 0 saturated heterocycles. The van der Waals surface area contributed by atoms with Crippen molar-refractivity contribution >= 4 is 12.1 Å². The second-order valence-electron chi connectivity index (χ2n) is 6.27. The lowest BCUT2D eigenvalue weighted by Gasteiger charge is -2.25. The highest BCUT2D eigenvalue weighted by Crippen LogP contribution is 2.25. The molecule has 0 aromatic carbocycles. The van der Waals surface area contributed by atoms with E-state index in [0.717, 1.165) is 17.7 Å². The molecule has 0 aliphatic heterocycles. The van der Waals surface area contributed by atoms with Crippen LogP contribution in [0.3, 0.4) is 0 Å². The van der Waals surface area contributed by atoms with Crippen molar-refractivity contribution in [1.82, 2.24) is 10.2 Å². The Morgan fingerprint density at radius 3 is 2.48 bits per heavy atom. The molecule has 0 bridgehead atoms. The first-order chi connectivity index (χ1) is 9.83. The summed E-state index contributed by atoms with van der Waals surface area (Å²) in [6.07, 6.45) is 7.71. The van der Waals surface area contributed by atoms with Crippen molar-refractivity contribution < 1.29 is 14.3 Å². The van der Waals surface area contributed by atoms with E-state index in [0.29, 0.717) is 5.92 Å². The average molecular weight is 297 g/mol. The van der Waals surface area contributed by atoms with E-state index in [-0.39, 0.29) is 13.1 Å². The van der Waals surface area contributed by atoms with Gasteiger partial charge in [-0.1, -0.05) is 18.9 Å². The number of hydrogen-bond donors (Lipinski definition) is 2. The molecule has 1 aliphatic rings. The van der Waals surface area contributed by atoms with Crippen molar-refractivity contribution in [3.63, 3.8) is 0 Å². The number of amides is 3. The fourth-order valence-electron chi connectivity index (χ4n) is 2.21. The number of carbonyl (C=O) groups is 2. The highest BCUT2D eigenvalue weighted by atomic mass is 16.6. The number of rotatable bonds is 4. The molecule has 0 radical (unpaired) electrons. The van der Waals surface area contributed by atoms with Gasteiger partial charge in [0.25, 0.3) is 0 Å². The van der Waals surface area contributed by atoms with E-state index in [1.165, 1.54) is 12.8 Å². The molecular weight excluding hydrogens is 270 g/mol. The molecule has 6 nitrogen and oxygen atoms in total. The van der Waals surface area contributed by atoms with Gasteiger partial charge in [-0.2, -0.15) is 0 Å². The van der Waals surface area contributed by atoms with Gasteiger partial charge in [-0.3, -0.25) is 0 Å². The Morgan fingerprint density at radius 2 is 1.95 bits per heavy atom. The number of nitrogens with zero attached hydrogens (tertiary/aromatic N) is 1. The van der Waals surface area contributed by atoms with Gasteiger partial charge in [0.15, 0.2) is 0 Å². The number of allylic oxidation sites excluding steroid dienone is 1. The Bertz CT molecular complexity index is 382. The normalized spacial score (nSPS) is 16.2. The zero-order chi connectivity index (χ0) is 15.9. The fraction of sp³-hybridized carbons (Fsp3) is 0.733. The lowest BCUT2D eigenvalue weighted by Crippen LogP contribution is -2.46. The maximum Gasteiger partial charge on any atom is 0.418 e. The van der Waals surface area contributed by atoms with Crippen LogP contribution < -0.4 is 11.1 Å². The number of ether oxygens (including phenoxy) is 1. The molecule has 21 heavy (non-hydrogen) atoms. The van der Waals surface area contributed by atoms with Crippen LogP contribution in [-0.4, -0.2) is 35.7 Å². The van der Waals surface area contributed by atoms with Crippen molar-refractivity contribution in [1.29, 1.82) is 0 Å². The number of hydrogen-bond acceptors (Lipinski definition) is 4. The molecule has 0 unspecified atom stereocenters. The second-order valence-corrected chi connectivity index (χ2v) is 6.27. The molecule has 3 amide bonds. The number of nitrogens with one attached hydrogen (secondary N) is 1. The standard InChI is InChI=1S/C15H27N3O3/c1-15(2,3)21-14(20)18(11-9-16)13(19)17-10-8-12-6-4-5-7-12/h8,10,12H,4-7,9,11,16H2,1-3H3,(H,17,19)/b10-8+. The zero-order valence-electron chi connectivity index (χ0n) is 13.2. The minimum absolute atomic E-state index is 0.123. The number of urea groups is 1. The summed E-state index contributed by atoms with van der Waals surface area (Å²) in [5, 5.41) is 2.61. The van der Waals surface area contributed by atoms with Crippen LogP contribution in [0, 0.1) is 5.92 Å². The monoisotopic (exact) mass is 297 g/mol. The summed E-state index contributed by atoms with van der Waals surface area (Å²) in [5.41, 5.74) is 4.80. The van der Waals surface area contributed by atoms with Crippen LogP contribution >= 0.6 is 0 Å². The van der Waals surface area contributed by atoms with Crippen molar-refractivity contribution in [2.45, 2.75) is 52.1 Å². The minimum Gasteiger partial charge on any atom is -0.443 e. The maximum atomic E-state index is 12.0. The van der Waals surface area contributed by atoms with E-state index >= 15 is 0 Å². The minimum atomic E-state index is -0.681.